The van der Waals surface area contributed by atoms with Gasteiger partial charge in [-0.05, 0) is 44.5 Å². The van der Waals surface area contributed by atoms with Crippen molar-refractivity contribution in [1.82, 2.24) is 9.80 Å². The van der Waals surface area contributed by atoms with Crippen molar-refractivity contribution < 1.29 is 24.1 Å². The Morgan fingerprint density at radius 1 is 1.44 bits per heavy atom. The lowest BCUT2D eigenvalue weighted by Gasteiger charge is -2.40. The maximum Gasteiger partial charge on any atom is 0.256 e. The molecule has 0 aromatic heterocycles. The Bertz CT molecular complexity index is 598. The Hall–Kier alpha value is -1.70. The van der Waals surface area contributed by atoms with E-state index < -0.39 is 11.4 Å². The van der Waals surface area contributed by atoms with Gasteiger partial charge in [0.15, 0.2) is 5.60 Å². The van der Waals surface area contributed by atoms with E-state index in [1.165, 1.54) is 24.1 Å². The molecule has 0 aliphatic carbocycles. The number of nitrogens with zero attached hydrogens (tertiary/aromatic N) is 2. The van der Waals surface area contributed by atoms with E-state index in [4.69, 9.17) is 9.84 Å². The van der Waals surface area contributed by atoms with E-state index in [1.807, 2.05) is 11.9 Å². The van der Waals surface area contributed by atoms with Gasteiger partial charge < -0.3 is 24.7 Å². The summed E-state index contributed by atoms with van der Waals surface area (Å²) in [6.07, 6.45) is 1.62. The summed E-state index contributed by atoms with van der Waals surface area (Å²) in [5, 5.41) is 19.7. The molecule has 7 heteroatoms. The Labute approximate surface area is 147 Å². The van der Waals surface area contributed by atoms with Gasteiger partial charge in [-0.1, -0.05) is 0 Å². The van der Waals surface area contributed by atoms with Crippen LogP contribution in [0.5, 0.6) is 5.75 Å². The quantitative estimate of drug-likeness (QED) is 0.729. The van der Waals surface area contributed by atoms with Gasteiger partial charge in [0.1, 0.15) is 11.6 Å². The fourth-order valence-electron chi connectivity index (χ4n) is 3.23. The molecule has 1 heterocycles. The van der Waals surface area contributed by atoms with Gasteiger partial charge in [0.2, 0.25) is 0 Å². The molecule has 0 unspecified atom stereocenters. The predicted molar refractivity (Wildman–Crippen MR) is 91.8 cm³/mol. The lowest BCUT2D eigenvalue weighted by atomic mass is 9.90. The largest absolute Gasteiger partial charge is 0.497 e. The lowest BCUT2D eigenvalue weighted by molar-refractivity contribution is -0.159. The summed E-state index contributed by atoms with van der Waals surface area (Å²) in [5.74, 6) is -0.251. The molecule has 0 saturated carbocycles. The van der Waals surface area contributed by atoms with Crippen LogP contribution < -0.4 is 4.74 Å². The number of likely N-dealkylation sites (N-methyl/N-ethyl adjacent to an activating group) is 1. The molecule has 1 saturated heterocycles. The molecule has 1 amide bonds. The summed E-state index contributed by atoms with van der Waals surface area (Å²) in [7, 11) is 3.31. The fourth-order valence-corrected chi connectivity index (χ4v) is 3.23. The maximum absolute atomic E-state index is 14.0. The van der Waals surface area contributed by atoms with E-state index in [1.54, 1.807) is 6.07 Å². The zero-order valence-corrected chi connectivity index (χ0v) is 14.9. The summed E-state index contributed by atoms with van der Waals surface area (Å²) in [6, 6.07) is 4.42. The highest BCUT2D eigenvalue weighted by molar-refractivity contribution is 5.86. The van der Waals surface area contributed by atoms with Gasteiger partial charge in [0.05, 0.1) is 7.11 Å². The molecule has 0 spiro atoms. The number of carbonyl (C=O) groups is 1. The average Bonchev–Trinajstić information content (AvgIpc) is 2.59. The molecule has 0 bridgehead atoms. The van der Waals surface area contributed by atoms with E-state index >= 15 is 0 Å². The molecule has 140 valence electrons. The number of rotatable bonds is 8. The smallest absolute Gasteiger partial charge is 0.256 e. The second-order valence-electron chi connectivity index (χ2n) is 6.63. The van der Waals surface area contributed by atoms with Crippen molar-refractivity contribution in [2.45, 2.75) is 31.4 Å². The standard InChI is InChI=1S/C18H27FN2O4/c1-20(8-4-10-22)13-18(24)7-3-9-21(17(18)23)12-14-11-15(25-2)5-6-16(14)19/h5-6,11,22,24H,3-4,7-10,12-13H2,1-2H3/t18-/m0/s1. The molecule has 1 aromatic rings. The molecule has 2 rings (SSSR count). The van der Waals surface area contributed by atoms with Gasteiger partial charge in [0.25, 0.3) is 5.91 Å². The topological polar surface area (TPSA) is 73.2 Å². The molecule has 1 aliphatic heterocycles. The van der Waals surface area contributed by atoms with E-state index in [-0.39, 0.29) is 25.6 Å². The molecule has 1 aliphatic rings. The van der Waals surface area contributed by atoms with Crippen molar-refractivity contribution >= 4 is 5.91 Å². The van der Waals surface area contributed by atoms with Crippen LogP contribution >= 0.6 is 0 Å². The molecule has 1 atom stereocenters. The first-order valence-corrected chi connectivity index (χ1v) is 8.53. The molecule has 6 nitrogen and oxygen atoms in total. The highest BCUT2D eigenvalue weighted by Gasteiger charge is 2.42. The Morgan fingerprint density at radius 3 is 2.88 bits per heavy atom. The van der Waals surface area contributed by atoms with Gasteiger partial charge in [0, 0.05) is 38.3 Å². The van der Waals surface area contributed by atoms with Gasteiger partial charge in [-0.3, -0.25) is 4.79 Å². The number of ether oxygens (including phenoxy) is 1. The molecule has 1 fully saturated rings. The van der Waals surface area contributed by atoms with E-state index in [0.717, 1.165) is 0 Å². The Morgan fingerprint density at radius 2 is 2.20 bits per heavy atom. The number of aliphatic hydroxyl groups is 2. The summed E-state index contributed by atoms with van der Waals surface area (Å²) < 4.78 is 19.2. The summed E-state index contributed by atoms with van der Waals surface area (Å²) in [5.41, 5.74) is -1.11. The van der Waals surface area contributed by atoms with Crippen LogP contribution in [0.3, 0.4) is 0 Å². The highest BCUT2D eigenvalue weighted by Crippen LogP contribution is 2.26. The van der Waals surface area contributed by atoms with E-state index in [0.29, 0.717) is 43.7 Å². The number of likely N-dealkylation sites (tertiary alicyclic amines) is 1. The zero-order chi connectivity index (χ0) is 18.4. The van der Waals surface area contributed by atoms with Crippen LogP contribution in [0.15, 0.2) is 18.2 Å². The third kappa shape index (κ3) is 4.90. The SMILES string of the molecule is COc1ccc(F)c(CN2CCC[C@](O)(CN(C)CCCO)C2=O)c1. The first kappa shape index (κ1) is 19.6. The monoisotopic (exact) mass is 354 g/mol. The molecule has 25 heavy (non-hydrogen) atoms. The summed E-state index contributed by atoms with van der Waals surface area (Å²) in [6.45, 7) is 1.44. The van der Waals surface area contributed by atoms with E-state index in [2.05, 4.69) is 0 Å². The minimum atomic E-state index is -1.47. The van der Waals surface area contributed by atoms with Crippen LogP contribution in [0.25, 0.3) is 0 Å². The second-order valence-corrected chi connectivity index (χ2v) is 6.63. The molecular weight excluding hydrogens is 327 g/mol. The second kappa shape index (κ2) is 8.60. The van der Waals surface area contributed by atoms with Crippen LogP contribution in [-0.2, 0) is 11.3 Å². The van der Waals surface area contributed by atoms with Crippen LogP contribution in [0, 0.1) is 5.82 Å². The maximum atomic E-state index is 14.0. The Kier molecular flexibility index (Phi) is 6.75. The third-order valence-corrected chi connectivity index (χ3v) is 4.55. The molecule has 0 radical (unpaired) electrons. The number of carbonyl (C=O) groups excluding carboxylic acids is 1. The number of hydrogen-bond donors (Lipinski definition) is 2. The predicted octanol–water partition coefficient (Wildman–Crippen LogP) is 1.00. The molecular formula is C18H27FN2O4. The summed E-state index contributed by atoms with van der Waals surface area (Å²) >= 11 is 0. The number of piperidine rings is 1. The van der Waals surface area contributed by atoms with Gasteiger partial charge in [-0.25, -0.2) is 4.39 Å². The van der Waals surface area contributed by atoms with Gasteiger partial charge >= 0.3 is 0 Å². The summed E-state index contributed by atoms with van der Waals surface area (Å²) in [4.78, 5) is 16.1. The number of aliphatic hydroxyl groups excluding tert-OH is 1. The van der Waals surface area contributed by atoms with Crippen molar-refractivity contribution in [3.05, 3.63) is 29.6 Å². The van der Waals surface area contributed by atoms with Crippen molar-refractivity contribution in [2.75, 3.05) is 40.4 Å². The van der Waals surface area contributed by atoms with Crippen molar-refractivity contribution in [3.63, 3.8) is 0 Å². The number of halogens is 1. The number of amides is 1. The van der Waals surface area contributed by atoms with Crippen LogP contribution in [0.1, 0.15) is 24.8 Å². The zero-order valence-electron chi connectivity index (χ0n) is 14.9. The van der Waals surface area contributed by atoms with Crippen LogP contribution in [-0.4, -0.2) is 71.9 Å². The molecule has 2 N–H and O–H groups in total. The number of benzene rings is 1. The Balaban J connectivity index is 2.08. The normalized spacial score (nSPS) is 21.0. The highest BCUT2D eigenvalue weighted by atomic mass is 19.1. The third-order valence-electron chi connectivity index (χ3n) is 4.55. The van der Waals surface area contributed by atoms with Crippen LogP contribution in [0.4, 0.5) is 4.39 Å². The lowest BCUT2D eigenvalue weighted by Crippen LogP contribution is -2.58. The average molecular weight is 354 g/mol. The van der Waals surface area contributed by atoms with Gasteiger partial charge in [-0.15, -0.1) is 0 Å². The number of methoxy groups -OCH3 is 1. The van der Waals surface area contributed by atoms with Crippen molar-refractivity contribution in [1.29, 1.82) is 0 Å². The van der Waals surface area contributed by atoms with Crippen molar-refractivity contribution in [2.24, 2.45) is 0 Å². The van der Waals surface area contributed by atoms with Gasteiger partial charge in [-0.2, -0.15) is 0 Å². The number of hydrogen-bond acceptors (Lipinski definition) is 5. The minimum absolute atomic E-state index is 0.0674. The fraction of sp³-hybridized carbons (Fsp3) is 0.611. The van der Waals surface area contributed by atoms with Crippen molar-refractivity contribution in [3.8, 4) is 5.75 Å². The minimum Gasteiger partial charge on any atom is -0.497 e. The first-order valence-electron chi connectivity index (χ1n) is 8.53. The van der Waals surface area contributed by atoms with E-state index in [9.17, 15) is 14.3 Å². The van der Waals surface area contributed by atoms with Crippen LogP contribution in [0.2, 0.25) is 0 Å². The molecule has 1 aromatic carbocycles. The first-order chi connectivity index (χ1) is 11.9.